The van der Waals surface area contributed by atoms with Gasteiger partial charge in [-0.05, 0) is 65.8 Å². The van der Waals surface area contributed by atoms with Crippen molar-refractivity contribution < 1.29 is 4.74 Å². The highest BCUT2D eigenvalue weighted by molar-refractivity contribution is 5.77. The minimum atomic E-state index is 0.0268. The molecule has 4 heteroatoms. The van der Waals surface area contributed by atoms with E-state index in [-0.39, 0.29) is 5.70 Å². The van der Waals surface area contributed by atoms with Crippen molar-refractivity contribution in [2.75, 3.05) is 4.90 Å². The molecule has 0 fully saturated rings. The fraction of sp³-hybridized carbons (Fsp3) is 0. The quantitative estimate of drug-likeness (QED) is 0.201. The van der Waals surface area contributed by atoms with Crippen molar-refractivity contribution in [3.05, 3.63) is 173 Å². The maximum absolute atomic E-state index is 9.42. The normalized spacial score (nSPS) is 13.9. The Balaban J connectivity index is 1.43. The van der Waals surface area contributed by atoms with Gasteiger partial charge in [-0.1, -0.05) is 84.9 Å². The summed E-state index contributed by atoms with van der Waals surface area (Å²) >= 11 is 0. The number of allylic oxidation sites excluding steroid dienone is 5. The highest BCUT2D eigenvalue weighted by Gasteiger charge is 2.15. The molecule has 0 radical (unpaired) electrons. The average molecular weight is 490 g/mol. The summed E-state index contributed by atoms with van der Waals surface area (Å²) in [5, 5.41) is 9.42. The van der Waals surface area contributed by atoms with E-state index in [0.717, 1.165) is 28.2 Å². The molecule has 0 aliphatic carbocycles. The van der Waals surface area contributed by atoms with Crippen LogP contribution in [0.25, 0.3) is 16.7 Å². The molecule has 1 aliphatic rings. The molecule has 0 bridgehead atoms. The van der Waals surface area contributed by atoms with Gasteiger partial charge in [0.15, 0.2) is 0 Å². The molecule has 4 aromatic carbocycles. The Morgan fingerprint density at radius 1 is 0.711 bits per heavy atom. The van der Waals surface area contributed by atoms with E-state index in [1.165, 1.54) is 0 Å². The van der Waals surface area contributed by atoms with Crippen molar-refractivity contribution in [3.8, 4) is 6.07 Å². The molecular weight excluding hydrogens is 466 g/mol. The Bertz CT molecular complexity index is 1560. The molecular formula is C34H23N3O. The number of ether oxygens (including phenoxy) is 1. The van der Waals surface area contributed by atoms with E-state index in [1.807, 2.05) is 85.0 Å². The second kappa shape index (κ2) is 11.4. The third-order valence-corrected chi connectivity index (χ3v) is 5.98. The summed E-state index contributed by atoms with van der Waals surface area (Å²) in [5.41, 5.74) is 5.63. The van der Waals surface area contributed by atoms with Crippen LogP contribution < -0.4 is 4.90 Å². The maximum atomic E-state index is 9.42. The van der Waals surface area contributed by atoms with Crippen LogP contribution in [-0.2, 0) is 4.74 Å². The summed E-state index contributed by atoms with van der Waals surface area (Å²) in [6.07, 6.45) is 7.27. The number of rotatable bonds is 6. The highest BCUT2D eigenvalue weighted by atomic mass is 16.5. The lowest BCUT2D eigenvalue weighted by atomic mass is 10.1. The SMILES string of the molecule is [C-]#[N+]C(C#N)=C1C=C(C=Cc2ccc(N(c3ccccc3)c3ccccc3)cc2)OC(c2ccccc2)=C1. The summed E-state index contributed by atoms with van der Waals surface area (Å²) in [5.74, 6) is 1.15. The standard InChI is InChI=1S/C34H23N3O/c1-36-33(25-35)28-23-32(38-34(24-28)27-11-5-2-6-12-27)22-19-26-17-20-31(21-18-26)37(29-13-7-3-8-14-29)30-15-9-4-10-16-30/h2-24H. The third kappa shape index (κ3) is 5.46. The summed E-state index contributed by atoms with van der Waals surface area (Å²) in [6.45, 7) is 7.37. The van der Waals surface area contributed by atoms with Gasteiger partial charge in [0.25, 0.3) is 5.70 Å². The van der Waals surface area contributed by atoms with Crippen molar-refractivity contribution >= 4 is 28.9 Å². The molecule has 1 heterocycles. The number of nitriles is 1. The number of anilines is 3. The largest absolute Gasteiger partial charge is 0.457 e. The van der Waals surface area contributed by atoms with Crippen LogP contribution in [-0.4, -0.2) is 0 Å². The van der Waals surface area contributed by atoms with Crippen LogP contribution in [0.4, 0.5) is 17.1 Å². The van der Waals surface area contributed by atoms with E-state index in [9.17, 15) is 5.26 Å². The molecule has 0 saturated heterocycles. The maximum Gasteiger partial charge on any atom is 0.269 e. The second-order valence-corrected chi connectivity index (χ2v) is 8.48. The van der Waals surface area contributed by atoms with Gasteiger partial charge in [0.05, 0.1) is 12.6 Å². The fourth-order valence-electron chi connectivity index (χ4n) is 4.15. The van der Waals surface area contributed by atoms with Crippen LogP contribution in [0.3, 0.4) is 0 Å². The van der Waals surface area contributed by atoms with E-state index in [4.69, 9.17) is 11.3 Å². The Morgan fingerprint density at radius 2 is 1.26 bits per heavy atom. The lowest BCUT2D eigenvalue weighted by molar-refractivity contribution is 0.396. The molecule has 0 unspecified atom stereocenters. The van der Waals surface area contributed by atoms with Crippen molar-refractivity contribution in [1.82, 2.24) is 0 Å². The van der Waals surface area contributed by atoms with Crippen LogP contribution in [0.15, 0.2) is 151 Å². The number of benzene rings is 4. The van der Waals surface area contributed by atoms with Crippen LogP contribution in [0.1, 0.15) is 11.1 Å². The van der Waals surface area contributed by atoms with Crippen LogP contribution in [0.2, 0.25) is 0 Å². The molecule has 4 aromatic rings. The second-order valence-electron chi connectivity index (χ2n) is 8.48. The van der Waals surface area contributed by atoms with Crippen molar-refractivity contribution in [3.63, 3.8) is 0 Å². The zero-order valence-corrected chi connectivity index (χ0v) is 20.5. The van der Waals surface area contributed by atoms with Gasteiger partial charge in [-0.25, -0.2) is 10.1 Å². The van der Waals surface area contributed by atoms with Gasteiger partial charge >= 0.3 is 0 Å². The lowest BCUT2D eigenvalue weighted by Crippen LogP contribution is -2.09. The first-order chi connectivity index (χ1) is 18.7. The van der Waals surface area contributed by atoms with Crippen molar-refractivity contribution in [2.24, 2.45) is 0 Å². The minimum absolute atomic E-state index is 0.0268. The zero-order chi connectivity index (χ0) is 26.2. The molecule has 0 N–H and O–H groups in total. The van der Waals surface area contributed by atoms with Gasteiger partial charge in [-0.3, -0.25) is 0 Å². The van der Waals surface area contributed by atoms with Gasteiger partial charge < -0.3 is 9.64 Å². The molecule has 0 atom stereocenters. The van der Waals surface area contributed by atoms with E-state index in [0.29, 0.717) is 17.1 Å². The highest BCUT2D eigenvalue weighted by Crippen LogP contribution is 2.34. The molecule has 0 spiro atoms. The number of para-hydroxylation sites is 2. The van der Waals surface area contributed by atoms with E-state index in [1.54, 1.807) is 12.2 Å². The Kier molecular flexibility index (Phi) is 7.26. The summed E-state index contributed by atoms with van der Waals surface area (Å²) in [4.78, 5) is 5.59. The first-order valence-corrected chi connectivity index (χ1v) is 12.1. The Hall–Kier alpha value is -5.58. The number of hydrogen-bond donors (Lipinski definition) is 0. The summed E-state index contributed by atoms with van der Waals surface area (Å²) in [6, 6.07) is 40.4. The van der Waals surface area contributed by atoms with Crippen molar-refractivity contribution in [1.29, 1.82) is 5.26 Å². The van der Waals surface area contributed by atoms with Gasteiger partial charge in [-0.15, -0.1) is 0 Å². The summed E-state index contributed by atoms with van der Waals surface area (Å²) < 4.78 is 6.12. The van der Waals surface area contributed by atoms with Crippen LogP contribution in [0, 0.1) is 17.9 Å². The van der Waals surface area contributed by atoms with Gasteiger partial charge in [0.1, 0.15) is 11.5 Å². The van der Waals surface area contributed by atoms with E-state index >= 15 is 0 Å². The molecule has 180 valence electrons. The van der Waals surface area contributed by atoms with Crippen molar-refractivity contribution in [2.45, 2.75) is 0 Å². The smallest absolute Gasteiger partial charge is 0.269 e. The molecule has 0 amide bonds. The van der Waals surface area contributed by atoms with E-state index in [2.05, 4.69) is 58.3 Å². The first kappa shape index (κ1) is 24.1. The topological polar surface area (TPSA) is 40.6 Å². The minimum Gasteiger partial charge on any atom is -0.457 e. The number of nitrogens with zero attached hydrogens (tertiary/aromatic N) is 3. The lowest BCUT2D eigenvalue weighted by Gasteiger charge is -2.25. The molecule has 0 saturated carbocycles. The molecule has 1 aliphatic heterocycles. The van der Waals surface area contributed by atoms with Gasteiger partial charge in [0.2, 0.25) is 0 Å². The Morgan fingerprint density at radius 3 is 1.82 bits per heavy atom. The molecule has 38 heavy (non-hydrogen) atoms. The average Bonchev–Trinajstić information content (AvgIpc) is 2.99. The summed E-state index contributed by atoms with van der Waals surface area (Å²) in [7, 11) is 0. The van der Waals surface area contributed by atoms with E-state index < -0.39 is 0 Å². The van der Waals surface area contributed by atoms with Crippen LogP contribution in [0.5, 0.6) is 0 Å². The zero-order valence-electron chi connectivity index (χ0n) is 20.5. The predicted octanol–water partition coefficient (Wildman–Crippen LogP) is 8.82. The molecule has 5 rings (SSSR count). The Labute approximate surface area is 222 Å². The van der Waals surface area contributed by atoms with Crippen LogP contribution >= 0.6 is 0 Å². The van der Waals surface area contributed by atoms with Gasteiger partial charge in [-0.2, -0.15) is 0 Å². The number of hydrogen-bond acceptors (Lipinski definition) is 3. The third-order valence-electron chi connectivity index (χ3n) is 5.98. The van der Waals surface area contributed by atoms with Gasteiger partial charge in [0, 0.05) is 22.6 Å². The predicted molar refractivity (Wildman–Crippen MR) is 153 cm³/mol. The monoisotopic (exact) mass is 489 g/mol. The molecule has 4 nitrogen and oxygen atoms in total. The first-order valence-electron chi connectivity index (χ1n) is 12.1. The fourth-order valence-corrected chi connectivity index (χ4v) is 4.15. The molecule has 0 aromatic heterocycles.